The van der Waals surface area contributed by atoms with E-state index >= 15 is 0 Å². The zero-order valence-corrected chi connectivity index (χ0v) is 15.2. The highest BCUT2D eigenvalue weighted by molar-refractivity contribution is 5.95. The monoisotopic (exact) mass is 342 g/mol. The summed E-state index contributed by atoms with van der Waals surface area (Å²) in [5, 5.41) is 3.43. The zero-order chi connectivity index (χ0) is 17.6. The van der Waals surface area contributed by atoms with Gasteiger partial charge in [-0.2, -0.15) is 0 Å². The van der Waals surface area contributed by atoms with E-state index in [9.17, 15) is 4.79 Å². The molecule has 134 valence electrons. The van der Waals surface area contributed by atoms with Gasteiger partial charge in [0.25, 0.3) is 5.91 Å². The summed E-state index contributed by atoms with van der Waals surface area (Å²) >= 11 is 0. The molecule has 2 aromatic heterocycles. The average molecular weight is 342 g/mol. The van der Waals surface area contributed by atoms with Gasteiger partial charge in [-0.05, 0) is 57.7 Å². The van der Waals surface area contributed by atoms with Gasteiger partial charge in [-0.15, -0.1) is 0 Å². The van der Waals surface area contributed by atoms with Crippen LogP contribution in [-0.2, 0) is 13.6 Å². The van der Waals surface area contributed by atoms with Gasteiger partial charge in [0, 0.05) is 25.5 Å². The van der Waals surface area contributed by atoms with E-state index in [1.54, 1.807) is 6.20 Å². The number of nitrogens with one attached hydrogen (secondary N) is 1. The third-order valence-corrected chi connectivity index (χ3v) is 5.89. The van der Waals surface area contributed by atoms with E-state index in [0.717, 1.165) is 43.9 Å². The number of hydrogen-bond acceptors (Lipinski definition) is 4. The van der Waals surface area contributed by atoms with Crippen LogP contribution in [0, 0.1) is 19.3 Å². The molecular formula is C19H26N4O2. The lowest BCUT2D eigenvalue weighted by Gasteiger charge is -2.29. The van der Waals surface area contributed by atoms with Gasteiger partial charge in [0.2, 0.25) is 0 Å². The van der Waals surface area contributed by atoms with Crippen molar-refractivity contribution in [1.82, 2.24) is 19.8 Å². The Bertz CT molecular complexity index is 785. The molecule has 1 spiro atoms. The lowest BCUT2D eigenvalue weighted by molar-refractivity contribution is 0.0683. The molecule has 4 rings (SSSR count). The summed E-state index contributed by atoms with van der Waals surface area (Å²) < 4.78 is 7.59. The first kappa shape index (κ1) is 16.4. The second-order valence-corrected chi connectivity index (χ2v) is 7.55. The smallest absolute Gasteiger partial charge is 0.258 e. The fraction of sp³-hybridized carbons (Fsp3) is 0.579. The Balaban J connectivity index is 1.63. The lowest BCUT2D eigenvalue weighted by Crippen LogP contribution is -2.39. The zero-order valence-electron chi connectivity index (χ0n) is 15.2. The molecule has 0 radical (unpaired) electrons. The summed E-state index contributed by atoms with van der Waals surface area (Å²) in [6.45, 7) is 6.39. The van der Waals surface area contributed by atoms with Gasteiger partial charge >= 0.3 is 0 Å². The minimum Gasteiger partial charge on any atom is -0.466 e. The predicted octanol–water partition coefficient (Wildman–Crippen LogP) is 2.41. The molecule has 6 nitrogen and oxygen atoms in total. The molecule has 3 heterocycles. The van der Waals surface area contributed by atoms with Gasteiger partial charge in [-0.1, -0.05) is 0 Å². The number of amides is 1. The Morgan fingerprint density at radius 3 is 2.80 bits per heavy atom. The number of piperidine rings is 1. The van der Waals surface area contributed by atoms with Crippen molar-refractivity contribution in [3.05, 3.63) is 41.4 Å². The Kier molecular flexibility index (Phi) is 3.95. The molecular weight excluding hydrogens is 316 g/mol. The van der Waals surface area contributed by atoms with Crippen molar-refractivity contribution in [2.75, 3.05) is 13.1 Å². The number of carbonyl (C=O) groups excluding carboxylic acids is 1. The molecule has 0 bridgehead atoms. The largest absolute Gasteiger partial charge is 0.466 e. The fourth-order valence-electron chi connectivity index (χ4n) is 4.25. The molecule has 2 aliphatic rings. The molecule has 1 N–H and O–H groups in total. The van der Waals surface area contributed by atoms with E-state index in [4.69, 9.17) is 4.42 Å². The highest BCUT2D eigenvalue weighted by atomic mass is 16.3. The SMILES string of the molecule is Cc1cc(C(=O)N(Cc2nccn2C)[C@@H]2CC23CCNCC3)c(C)o1. The van der Waals surface area contributed by atoms with Crippen molar-refractivity contribution in [3.63, 3.8) is 0 Å². The molecule has 1 saturated carbocycles. The van der Waals surface area contributed by atoms with Crippen molar-refractivity contribution in [2.45, 2.75) is 45.7 Å². The predicted molar refractivity (Wildman–Crippen MR) is 94.2 cm³/mol. The summed E-state index contributed by atoms with van der Waals surface area (Å²) in [5.41, 5.74) is 0.973. The number of nitrogens with zero attached hydrogens (tertiary/aromatic N) is 3. The quantitative estimate of drug-likeness (QED) is 0.927. The van der Waals surface area contributed by atoms with E-state index in [2.05, 4.69) is 10.3 Å². The van der Waals surface area contributed by atoms with Gasteiger partial charge in [0.1, 0.15) is 17.3 Å². The molecule has 25 heavy (non-hydrogen) atoms. The van der Waals surface area contributed by atoms with Crippen LogP contribution >= 0.6 is 0 Å². The Morgan fingerprint density at radius 2 is 2.20 bits per heavy atom. The van der Waals surface area contributed by atoms with E-state index < -0.39 is 0 Å². The number of imidazole rings is 1. The standard InChI is InChI=1S/C19H26N4O2/c1-13-10-15(14(2)25-13)18(24)23(12-17-21-8-9-22(17)3)16-11-19(16)4-6-20-7-5-19/h8-10,16,20H,4-7,11-12H2,1-3H3/t16-/m1/s1. The first-order chi connectivity index (χ1) is 12.0. The van der Waals surface area contributed by atoms with Crippen LogP contribution in [0.5, 0.6) is 0 Å². The molecule has 2 fully saturated rings. The van der Waals surface area contributed by atoms with Crippen molar-refractivity contribution in [1.29, 1.82) is 0 Å². The summed E-state index contributed by atoms with van der Waals surface area (Å²) in [6.07, 6.45) is 7.11. The van der Waals surface area contributed by atoms with Crippen molar-refractivity contribution in [2.24, 2.45) is 12.5 Å². The Morgan fingerprint density at radius 1 is 1.44 bits per heavy atom. The van der Waals surface area contributed by atoms with Gasteiger partial charge < -0.3 is 19.2 Å². The summed E-state index contributed by atoms with van der Waals surface area (Å²) in [7, 11) is 1.98. The number of furan rings is 1. The number of rotatable bonds is 4. The van der Waals surface area contributed by atoms with Crippen LogP contribution in [0.4, 0.5) is 0 Å². The molecule has 1 aliphatic carbocycles. The summed E-state index contributed by atoms with van der Waals surface area (Å²) in [5.74, 6) is 2.47. The van der Waals surface area contributed by atoms with Gasteiger partial charge in [-0.25, -0.2) is 4.98 Å². The number of aryl methyl sites for hydroxylation is 3. The van der Waals surface area contributed by atoms with E-state index in [0.29, 0.717) is 29.3 Å². The molecule has 1 amide bonds. The Hall–Kier alpha value is -2.08. The van der Waals surface area contributed by atoms with Crippen LogP contribution in [0.25, 0.3) is 0 Å². The van der Waals surface area contributed by atoms with Crippen molar-refractivity contribution in [3.8, 4) is 0 Å². The van der Waals surface area contributed by atoms with Crippen LogP contribution in [0.2, 0.25) is 0 Å². The molecule has 2 aromatic rings. The fourth-order valence-corrected chi connectivity index (χ4v) is 4.25. The van der Waals surface area contributed by atoms with Gasteiger partial charge in [0.15, 0.2) is 0 Å². The lowest BCUT2D eigenvalue weighted by atomic mass is 9.93. The Labute approximate surface area is 148 Å². The van der Waals surface area contributed by atoms with Crippen LogP contribution in [0.15, 0.2) is 22.9 Å². The maximum atomic E-state index is 13.3. The van der Waals surface area contributed by atoms with Crippen LogP contribution in [0.3, 0.4) is 0 Å². The molecule has 0 unspecified atom stereocenters. The minimum absolute atomic E-state index is 0.0674. The molecule has 1 atom stereocenters. The maximum absolute atomic E-state index is 13.3. The highest BCUT2D eigenvalue weighted by Crippen LogP contribution is 2.56. The third-order valence-electron chi connectivity index (χ3n) is 5.89. The summed E-state index contributed by atoms with van der Waals surface area (Å²) in [4.78, 5) is 19.8. The molecule has 0 aromatic carbocycles. The number of carbonyl (C=O) groups is 1. The number of aromatic nitrogens is 2. The van der Waals surface area contributed by atoms with E-state index in [-0.39, 0.29) is 5.91 Å². The second kappa shape index (κ2) is 6.02. The first-order valence-corrected chi connectivity index (χ1v) is 9.05. The second-order valence-electron chi connectivity index (χ2n) is 7.55. The topological polar surface area (TPSA) is 63.3 Å². The van der Waals surface area contributed by atoms with Crippen molar-refractivity contribution >= 4 is 5.91 Å². The van der Waals surface area contributed by atoms with E-state index in [1.165, 1.54) is 0 Å². The number of hydrogen-bond donors (Lipinski definition) is 1. The van der Waals surface area contributed by atoms with E-state index in [1.807, 2.05) is 42.6 Å². The van der Waals surface area contributed by atoms with Crippen LogP contribution in [-0.4, -0.2) is 39.5 Å². The highest BCUT2D eigenvalue weighted by Gasteiger charge is 2.58. The van der Waals surface area contributed by atoms with Crippen LogP contribution < -0.4 is 5.32 Å². The molecule has 1 aliphatic heterocycles. The average Bonchev–Trinajstić information content (AvgIpc) is 2.91. The maximum Gasteiger partial charge on any atom is 0.258 e. The van der Waals surface area contributed by atoms with Gasteiger partial charge in [-0.3, -0.25) is 4.79 Å². The summed E-state index contributed by atoms with van der Waals surface area (Å²) in [6, 6.07) is 2.16. The first-order valence-electron chi connectivity index (χ1n) is 9.05. The molecule has 6 heteroatoms. The van der Waals surface area contributed by atoms with Crippen molar-refractivity contribution < 1.29 is 9.21 Å². The van der Waals surface area contributed by atoms with Crippen LogP contribution in [0.1, 0.15) is 47.0 Å². The molecule has 1 saturated heterocycles. The minimum atomic E-state index is 0.0674. The van der Waals surface area contributed by atoms with Gasteiger partial charge in [0.05, 0.1) is 12.1 Å². The third kappa shape index (κ3) is 2.88. The normalized spacial score (nSPS) is 21.5.